The van der Waals surface area contributed by atoms with Crippen molar-refractivity contribution >= 4 is 23.4 Å². The lowest BCUT2D eigenvalue weighted by Crippen LogP contribution is -2.42. The average Bonchev–Trinajstić information content (AvgIpc) is 2.44. The number of hydrogen-bond donors (Lipinski definition) is 3. The molecule has 1 heterocycles. The minimum Gasteiger partial charge on any atom is -0.387 e. The van der Waals surface area contributed by atoms with Gasteiger partial charge in [0.1, 0.15) is 0 Å². The Kier molecular flexibility index (Phi) is 4.94. The van der Waals surface area contributed by atoms with Gasteiger partial charge in [0.25, 0.3) is 5.91 Å². The summed E-state index contributed by atoms with van der Waals surface area (Å²) in [5, 5.41) is 16.2. The molecule has 1 aromatic rings. The van der Waals surface area contributed by atoms with Gasteiger partial charge in [-0.2, -0.15) is 11.8 Å². The van der Waals surface area contributed by atoms with Crippen LogP contribution >= 0.6 is 11.8 Å². The number of fused-ring (bicyclic) bond motifs is 1. The quantitative estimate of drug-likeness (QED) is 0.776. The Morgan fingerprint density at radius 2 is 2.35 bits per heavy atom. The molecule has 0 aromatic heterocycles. The number of nitrogens with one attached hydrogen (secondary N) is 2. The summed E-state index contributed by atoms with van der Waals surface area (Å²) >= 11 is 1.57. The molecule has 0 saturated carbocycles. The van der Waals surface area contributed by atoms with Crippen LogP contribution in [0.15, 0.2) is 18.2 Å². The second-order valence-corrected chi connectivity index (χ2v) is 6.38. The highest BCUT2D eigenvalue weighted by atomic mass is 32.2. The Hall–Kier alpha value is -1.20. The molecule has 2 rings (SSSR count). The molecule has 1 aliphatic rings. The van der Waals surface area contributed by atoms with Crippen molar-refractivity contribution < 1.29 is 9.90 Å². The molecule has 1 amide bonds. The first kappa shape index (κ1) is 15.2. The smallest absolute Gasteiger partial charge is 0.251 e. The molecular weight excluding hydrogens is 272 g/mol. The summed E-state index contributed by atoms with van der Waals surface area (Å²) in [6.07, 6.45) is 4.04. The van der Waals surface area contributed by atoms with Gasteiger partial charge in [-0.05, 0) is 49.8 Å². The minimum absolute atomic E-state index is 0.125. The lowest BCUT2D eigenvalue weighted by Gasteiger charge is -2.23. The minimum atomic E-state index is -0.870. The summed E-state index contributed by atoms with van der Waals surface area (Å²) < 4.78 is 0. The van der Waals surface area contributed by atoms with Gasteiger partial charge in [0.2, 0.25) is 0 Å². The maximum atomic E-state index is 12.1. The maximum Gasteiger partial charge on any atom is 0.251 e. The van der Waals surface area contributed by atoms with E-state index in [-0.39, 0.29) is 12.5 Å². The highest BCUT2D eigenvalue weighted by Gasteiger charge is 2.21. The topological polar surface area (TPSA) is 61.4 Å². The van der Waals surface area contributed by atoms with E-state index in [1.54, 1.807) is 18.7 Å². The van der Waals surface area contributed by atoms with Gasteiger partial charge in [0.15, 0.2) is 0 Å². The van der Waals surface area contributed by atoms with Gasteiger partial charge in [0.05, 0.1) is 5.60 Å². The second-order valence-electron chi connectivity index (χ2n) is 5.51. The first-order valence-corrected chi connectivity index (χ1v) is 8.27. The largest absolute Gasteiger partial charge is 0.387 e. The number of benzene rings is 1. The fourth-order valence-corrected chi connectivity index (χ4v) is 3.07. The third-order valence-corrected chi connectivity index (χ3v) is 4.30. The van der Waals surface area contributed by atoms with Crippen LogP contribution in [-0.4, -0.2) is 41.7 Å². The molecule has 4 nitrogen and oxygen atoms in total. The molecule has 1 aliphatic heterocycles. The average molecular weight is 294 g/mol. The van der Waals surface area contributed by atoms with Crippen LogP contribution in [0.3, 0.4) is 0 Å². The van der Waals surface area contributed by atoms with Crippen LogP contribution in [0.5, 0.6) is 0 Å². The van der Waals surface area contributed by atoms with Crippen LogP contribution in [-0.2, 0) is 6.42 Å². The molecule has 1 atom stereocenters. The van der Waals surface area contributed by atoms with Crippen LogP contribution in [0.4, 0.5) is 5.69 Å². The molecule has 0 fully saturated rings. The molecular formula is C15H22N2O2S. The zero-order valence-electron chi connectivity index (χ0n) is 12.0. The third kappa shape index (κ3) is 3.90. The van der Waals surface area contributed by atoms with Gasteiger partial charge in [-0.3, -0.25) is 4.79 Å². The molecule has 20 heavy (non-hydrogen) atoms. The first-order chi connectivity index (χ1) is 9.52. The zero-order valence-corrected chi connectivity index (χ0v) is 12.8. The second kappa shape index (κ2) is 6.50. The number of thioether (sulfide) groups is 1. The molecule has 110 valence electrons. The lowest BCUT2D eigenvalue weighted by molar-refractivity contribution is 0.0725. The van der Waals surface area contributed by atoms with Crippen molar-refractivity contribution in [3.8, 4) is 0 Å². The summed E-state index contributed by atoms with van der Waals surface area (Å²) in [7, 11) is 0. The number of amides is 1. The Balaban J connectivity index is 1.99. The highest BCUT2D eigenvalue weighted by molar-refractivity contribution is 7.98. The molecule has 0 radical (unpaired) electrons. The van der Waals surface area contributed by atoms with Crippen LogP contribution in [0.1, 0.15) is 29.3 Å². The molecule has 0 spiro atoms. The first-order valence-electron chi connectivity index (χ1n) is 6.88. The number of hydrogen-bond acceptors (Lipinski definition) is 4. The van der Waals surface area contributed by atoms with E-state index in [1.807, 2.05) is 24.5 Å². The van der Waals surface area contributed by atoms with Crippen molar-refractivity contribution in [3.63, 3.8) is 0 Å². The number of aryl methyl sites for hydroxylation is 1. The standard InChI is InChI=1S/C15H22N2O2S/c1-15(19,10-20-2)9-17-14(18)12-5-6-13-11(8-12)4-3-7-16-13/h5-6,8,16,19H,3-4,7,9-10H2,1-2H3,(H,17,18). The Morgan fingerprint density at radius 1 is 1.55 bits per heavy atom. The number of carbonyl (C=O) groups excluding carboxylic acids is 1. The van der Waals surface area contributed by atoms with E-state index >= 15 is 0 Å². The molecule has 5 heteroatoms. The van der Waals surface area contributed by atoms with Gasteiger partial charge in [-0.25, -0.2) is 0 Å². The van der Waals surface area contributed by atoms with E-state index in [9.17, 15) is 9.90 Å². The predicted molar refractivity (Wildman–Crippen MR) is 84.6 cm³/mol. The molecule has 0 saturated heterocycles. The Morgan fingerprint density at radius 3 is 3.10 bits per heavy atom. The summed E-state index contributed by atoms with van der Waals surface area (Å²) in [6, 6.07) is 5.74. The molecule has 1 unspecified atom stereocenters. The Bertz CT molecular complexity index is 489. The molecule has 0 aliphatic carbocycles. The fraction of sp³-hybridized carbons (Fsp3) is 0.533. The van der Waals surface area contributed by atoms with E-state index in [4.69, 9.17) is 0 Å². The number of anilines is 1. The van der Waals surface area contributed by atoms with E-state index in [1.165, 1.54) is 5.56 Å². The van der Waals surface area contributed by atoms with E-state index in [0.29, 0.717) is 11.3 Å². The van der Waals surface area contributed by atoms with Crippen LogP contribution in [0.25, 0.3) is 0 Å². The summed E-state index contributed by atoms with van der Waals surface area (Å²) in [5.74, 6) is 0.473. The molecule has 3 N–H and O–H groups in total. The van der Waals surface area contributed by atoms with Crippen LogP contribution in [0.2, 0.25) is 0 Å². The highest BCUT2D eigenvalue weighted by Crippen LogP contribution is 2.22. The molecule has 1 aromatic carbocycles. The van der Waals surface area contributed by atoms with Gasteiger partial charge in [-0.1, -0.05) is 0 Å². The normalized spacial score (nSPS) is 16.8. The number of rotatable bonds is 5. The van der Waals surface area contributed by atoms with Crippen molar-refractivity contribution in [1.29, 1.82) is 0 Å². The van der Waals surface area contributed by atoms with Crippen LogP contribution < -0.4 is 10.6 Å². The number of carbonyl (C=O) groups is 1. The van der Waals surface area contributed by atoms with Crippen molar-refractivity contribution in [2.45, 2.75) is 25.4 Å². The van der Waals surface area contributed by atoms with Gasteiger partial charge < -0.3 is 15.7 Å². The van der Waals surface area contributed by atoms with Crippen molar-refractivity contribution in [3.05, 3.63) is 29.3 Å². The zero-order chi connectivity index (χ0) is 14.6. The Labute approximate surface area is 124 Å². The van der Waals surface area contributed by atoms with E-state index in [2.05, 4.69) is 10.6 Å². The summed E-state index contributed by atoms with van der Waals surface area (Å²) in [5.41, 5.74) is 2.11. The van der Waals surface area contributed by atoms with E-state index in [0.717, 1.165) is 25.1 Å². The summed E-state index contributed by atoms with van der Waals surface area (Å²) in [4.78, 5) is 12.1. The van der Waals surface area contributed by atoms with Gasteiger partial charge in [-0.15, -0.1) is 0 Å². The van der Waals surface area contributed by atoms with Crippen molar-refractivity contribution in [1.82, 2.24) is 5.32 Å². The maximum absolute atomic E-state index is 12.1. The van der Waals surface area contributed by atoms with Crippen LogP contribution in [0, 0.1) is 0 Å². The monoisotopic (exact) mass is 294 g/mol. The lowest BCUT2D eigenvalue weighted by atomic mass is 10.0. The van der Waals surface area contributed by atoms with Crippen molar-refractivity contribution in [2.75, 3.05) is 30.4 Å². The van der Waals surface area contributed by atoms with Gasteiger partial charge in [0, 0.05) is 30.1 Å². The number of aliphatic hydroxyl groups is 1. The predicted octanol–water partition coefficient (Wildman–Crippen LogP) is 1.89. The SMILES string of the molecule is CSCC(C)(O)CNC(=O)c1ccc2c(c1)CCCN2. The van der Waals surface area contributed by atoms with Gasteiger partial charge >= 0.3 is 0 Å². The van der Waals surface area contributed by atoms with E-state index < -0.39 is 5.60 Å². The molecule has 0 bridgehead atoms. The van der Waals surface area contributed by atoms with Crippen molar-refractivity contribution in [2.24, 2.45) is 0 Å². The summed E-state index contributed by atoms with van der Waals surface area (Å²) in [6.45, 7) is 3.00. The fourth-order valence-electron chi connectivity index (χ4n) is 2.35. The third-order valence-electron chi connectivity index (χ3n) is 3.39.